The van der Waals surface area contributed by atoms with Crippen molar-refractivity contribution in [2.75, 3.05) is 20.8 Å². The molecule has 0 bridgehead atoms. The summed E-state index contributed by atoms with van der Waals surface area (Å²) in [4.78, 5) is 18.8. The van der Waals surface area contributed by atoms with Crippen molar-refractivity contribution >= 4 is 10.9 Å². The summed E-state index contributed by atoms with van der Waals surface area (Å²) in [6, 6.07) is 19.0. The van der Waals surface area contributed by atoms with Gasteiger partial charge >= 0.3 is 0 Å². The summed E-state index contributed by atoms with van der Waals surface area (Å²) in [6.45, 7) is 3.75. The fourth-order valence-corrected chi connectivity index (χ4v) is 4.62. The van der Waals surface area contributed by atoms with Gasteiger partial charge in [0.25, 0.3) is 5.56 Å². The maximum atomic E-state index is 13.6. The normalized spacial score (nSPS) is 12.3. The van der Waals surface area contributed by atoms with Crippen LogP contribution < -0.4 is 10.3 Å². The number of rotatable bonds is 11. The monoisotopic (exact) mass is 514 g/mol. The van der Waals surface area contributed by atoms with Crippen LogP contribution >= 0.6 is 0 Å². The quantitative estimate of drug-likeness (QED) is 0.283. The Morgan fingerprint density at radius 2 is 1.97 bits per heavy atom. The lowest BCUT2D eigenvalue weighted by molar-refractivity contribution is 0.163. The molecule has 1 atom stereocenters. The molecule has 0 spiro atoms. The number of nitrogens with one attached hydrogen (secondary N) is 1. The number of aromatic nitrogens is 5. The van der Waals surface area contributed by atoms with Crippen molar-refractivity contribution in [2.24, 2.45) is 0 Å². The van der Waals surface area contributed by atoms with Crippen LogP contribution in [-0.2, 0) is 24.4 Å². The number of hydrogen-bond donors (Lipinski definition) is 1. The molecule has 196 valence electrons. The zero-order chi connectivity index (χ0) is 26.5. The van der Waals surface area contributed by atoms with Crippen molar-refractivity contribution in [1.29, 1.82) is 0 Å². The largest absolute Gasteiger partial charge is 0.497 e. The van der Waals surface area contributed by atoms with Gasteiger partial charge in [-0.05, 0) is 70.3 Å². The first kappa shape index (κ1) is 25.4. The van der Waals surface area contributed by atoms with Crippen LogP contribution in [0.1, 0.15) is 34.3 Å². The van der Waals surface area contributed by atoms with Gasteiger partial charge in [-0.2, -0.15) is 0 Å². The highest BCUT2D eigenvalue weighted by molar-refractivity contribution is 5.79. The van der Waals surface area contributed by atoms with Crippen LogP contribution in [0.3, 0.4) is 0 Å². The lowest BCUT2D eigenvalue weighted by Gasteiger charge is -2.30. The molecule has 1 N–H and O–H groups in total. The first-order valence-corrected chi connectivity index (χ1v) is 12.3. The molecule has 10 heteroatoms. The minimum atomic E-state index is -0.590. The second-order valence-corrected chi connectivity index (χ2v) is 9.14. The van der Waals surface area contributed by atoms with Crippen LogP contribution in [0.15, 0.2) is 76.1 Å². The highest BCUT2D eigenvalue weighted by atomic mass is 16.5. The van der Waals surface area contributed by atoms with Gasteiger partial charge in [-0.15, -0.1) is 5.10 Å². The first-order valence-electron chi connectivity index (χ1n) is 12.3. The summed E-state index contributed by atoms with van der Waals surface area (Å²) in [5.41, 5.74) is 3.18. The summed E-state index contributed by atoms with van der Waals surface area (Å²) < 4.78 is 18.2. The molecule has 0 amide bonds. The highest BCUT2D eigenvalue weighted by Crippen LogP contribution is 2.31. The van der Waals surface area contributed by atoms with Gasteiger partial charge < -0.3 is 18.9 Å². The number of aryl methyl sites for hydroxylation is 1. The number of nitrogens with zero attached hydrogens (tertiary/aromatic N) is 5. The standard InChI is InChI=1S/C28H30N6O4/c1-19-9-10-21-16-24(28(35)29-25(21)14-19)26(27-30-31-32-34(27)11-13-36-2)33(18-23-8-5-12-38-23)17-20-6-4-7-22(15-20)37-3/h4-10,12,14-16,26H,11,13,17-18H2,1-3H3,(H,29,35). The average molecular weight is 515 g/mol. The van der Waals surface area contributed by atoms with Gasteiger partial charge in [0.15, 0.2) is 5.82 Å². The number of hydrogen-bond acceptors (Lipinski definition) is 8. The zero-order valence-corrected chi connectivity index (χ0v) is 21.6. The topological polar surface area (TPSA) is 111 Å². The molecule has 5 rings (SSSR count). The molecule has 0 fully saturated rings. The van der Waals surface area contributed by atoms with Crippen molar-refractivity contribution < 1.29 is 13.9 Å². The first-order chi connectivity index (χ1) is 18.6. The molecule has 10 nitrogen and oxygen atoms in total. The SMILES string of the molecule is COCCn1nnnc1C(c1cc2ccc(C)cc2[nH]c1=O)N(Cc1cccc(OC)c1)Cc1ccco1. The number of benzene rings is 2. The number of H-pyrrole nitrogens is 1. The molecule has 3 heterocycles. The van der Waals surface area contributed by atoms with E-state index in [0.717, 1.165) is 33.5 Å². The predicted molar refractivity (Wildman–Crippen MR) is 142 cm³/mol. The smallest absolute Gasteiger partial charge is 0.253 e. The third-order valence-corrected chi connectivity index (χ3v) is 6.46. The van der Waals surface area contributed by atoms with Crippen molar-refractivity contribution in [3.8, 4) is 5.75 Å². The fourth-order valence-electron chi connectivity index (χ4n) is 4.62. The van der Waals surface area contributed by atoms with Crippen LogP contribution in [0.4, 0.5) is 0 Å². The summed E-state index contributed by atoms with van der Waals surface area (Å²) in [6.07, 6.45) is 1.64. The third kappa shape index (κ3) is 5.51. The molecule has 0 saturated heterocycles. The molecule has 2 aromatic carbocycles. The predicted octanol–water partition coefficient (Wildman–Crippen LogP) is 3.86. The molecule has 0 aliphatic rings. The van der Waals surface area contributed by atoms with E-state index >= 15 is 0 Å². The number of fused-ring (bicyclic) bond motifs is 1. The van der Waals surface area contributed by atoms with Crippen molar-refractivity contribution in [2.45, 2.75) is 32.6 Å². The number of aromatic amines is 1. The second-order valence-electron chi connectivity index (χ2n) is 9.14. The molecule has 0 saturated carbocycles. The van der Waals surface area contributed by atoms with Crippen LogP contribution in [0.2, 0.25) is 0 Å². The van der Waals surface area contributed by atoms with E-state index in [1.54, 1.807) is 25.2 Å². The van der Waals surface area contributed by atoms with Gasteiger partial charge in [0.1, 0.15) is 17.6 Å². The second kappa shape index (κ2) is 11.4. The van der Waals surface area contributed by atoms with Crippen molar-refractivity contribution in [3.05, 3.63) is 106 Å². The Morgan fingerprint density at radius 3 is 2.76 bits per heavy atom. The van der Waals surface area contributed by atoms with Crippen LogP contribution in [-0.4, -0.2) is 50.9 Å². The third-order valence-electron chi connectivity index (χ3n) is 6.46. The molecular formula is C28H30N6O4. The Hall–Kier alpha value is -4.28. The molecule has 5 aromatic rings. The Morgan fingerprint density at radius 1 is 1.08 bits per heavy atom. The van der Waals surface area contributed by atoms with E-state index < -0.39 is 6.04 Å². The molecule has 3 aromatic heterocycles. The van der Waals surface area contributed by atoms with E-state index in [0.29, 0.717) is 37.6 Å². The molecule has 0 aliphatic heterocycles. The lowest BCUT2D eigenvalue weighted by Crippen LogP contribution is -2.35. The van der Waals surface area contributed by atoms with Crippen LogP contribution in [0.5, 0.6) is 5.75 Å². The molecule has 0 aliphatic carbocycles. The van der Waals surface area contributed by atoms with Gasteiger partial charge in [0, 0.05) is 24.7 Å². The summed E-state index contributed by atoms with van der Waals surface area (Å²) >= 11 is 0. The van der Waals surface area contributed by atoms with E-state index in [4.69, 9.17) is 13.9 Å². The summed E-state index contributed by atoms with van der Waals surface area (Å²) in [5.74, 6) is 2.04. The van der Waals surface area contributed by atoms with E-state index in [2.05, 4.69) is 25.4 Å². The van der Waals surface area contributed by atoms with Gasteiger partial charge in [0.05, 0.1) is 33.1 Å². The number of methoxy groups -OCH3 is 2. The van der Waals surface area contributed by atoms with Crippen molar-refractivity contribution in [3.63, 3.8) is 0 Å². The molecule has 0 radical (unpaired) electrons. The maximum absolute atomic E-state index is 13.6. The van der Waals surface area contributed by atoms with Gasteiger partial charge in [0.2, 0.25) is 0 Å². The van der Waals surface area contributed by atoms with Gasteiger partial charge in [-0.25, -0.2) is 4.68 Å². The highest BCUT2D eigenvalue weighted by Gasteiger charge is 2.31. The molecular weight excluding hydrogens is 484 g/mol. The van der Waals surface area contributed by atoms with Crippen LogP contribution in [0, 0.1) is 6.92 Å². The maximum Gasteiger partial charge on any atom is 0.253 e. The number of pyridine rings is 1. The van der Waals surface area contributed by atoms with E-state index in [-0.39, 0.29) is 5.56 Å². The van der Waals surface area contributed by atoms with E-state index in [1.807, 2.05) is 67.6 Å². The van der Waals surface area contributed by atoms with Crippen LogP contribution in [0.25, 0.3) is 10.9 Å². The molecule has 1 unspecified atom stereocenters. The number of tetrazole rings is 1. The summed E-state index contributed by atoms with van der Waals surface area (Å²) in [7, 11) is 3.27. The zero-order valence-electron chi connectivity index (χ0n) is 21.6. The average Bonchev–Trinajstić information content (AvgIpc) is 3.60. The number of furan rings is 1. The fraction of sp³-hybridized carbons (Fsp3) is 0.286. The minimum Gasteiger partial charge on any atom is -0.497 e. The van der Waals surface area contributed by atoms with Crippen molar-refractivity contribution in [1.82, 2.24) is 30.1 Å². The Balaban J connectivity index is 1.67. The molecule has 38 heavy (non-hydrogen) atoms. The van der Waals surface area contributed by atoms with Gasteiger partial charge in [-0.1, -0.05) is 24.3 Å². The van der Waals surface area contributed by atoms with Gasteiger partial charge in [-0.3, -0.25) is 9.69 Å². The van der Waals surface area contributed by atoms with E-state index in [9.17, 15) is 4.79 Å². The number of ether oxygens (including phenoxy) is 2. The Bertz CT molecular complexity index is 1560. The summed E-state index contributed by atoms with van der Waals surface area (Å²) in [5, 5.41) is 13.5. The Kier molecular flexibility index (Phi) is 7.62. The minimum absolute atomic E-state index is 0.204. The van der Waals surface area contributed by atoms with E-state index in [1.165, 1.54) is 0 Å². The lowest BCUT2D eigenvalue weighted by atomic mass is 10.0. The Labute approximate surface area is 219 Å².